The van der Waals surface area contributed by atoms with E-state index in [1.165, 1.54) is 23.2 Å². The normalized spacial score (nSPS) is 13.3. The third-order valence-electron chi connectivity index (χ3n) is 6.47. The second kappa shape index (κ2) is 13.1. The van der Waals surface area contributed by atoms with Gasteiger partial charge in [-0.3, -0.25) is 14.2 Å². The zero-order valence-corrected chi connectivity index (χ0v) is 23.9. The molecule has 3 aromatic rings. The zero-order valence-electron chi connectivity index (χ0n) is 23.1. The standard InChI is InChI=1S/C30H31N5O6S/c1-3-33(4-2)28(36)21-34-27-16-9-8-15-25(27)26(23-12-6-5-7-13-23)20-35(30(34)38)32-29(37)31-24-14-10-11-22(19-24)17-18-42(39,40)41/h5-20H,3-4,21H2,1-2H3,(H2,31,32,37)(H,39,40,41)/b18-17+. The van der Waals surface area contributed by atoms with Crippen molar-refractivity contribution in [2.45, 2.75) is 13.8 Å². The van der Waals surface area contributed by atoms with Gasteiger partial charge in [-0.2, -0.15) is 8.42 Å². The molecule has 1 aliphatic heterocycles. The molecule has 1 heterocycles. The van der Waals surface area contributed by atoms with E-state index in [0.29, 0.717) is 46.6 Å². The van der Waals surface area contributed by atoms with E-state index in [1.807, 2.05) is 56.3 Å². The molecule has 0 aromatic heterocycles. The number of hydrazine groups is 1. The van der Waals surface area contributed by atoms with Crippen LogP contribution in [0, 0.1) is 0 Å². The van der Waals surface area contributed by atoms with Crippen molar-refractivity contribution in [3.63, 3.8) is 0 Å². The molecule has 0 bridgehead atoms. The van der Waals surface area contributed by atoms with Crippen molar-refractivity contribution in [2.75, 3.05) is 29.9 Å². The molecular weight excluding hydrogens is 558 g/mol. The van der Waals surface area contributed by atoms with E-state index in [-0.39, 0.29) is 12.5 Å². The summed E-state index contributed by atoms with van der Waals surface area (Å²) in [6, 6.07) is 21.4. The topological polar surface area (TPSA) is 139 Å². The van der Waals surface area contributed by atoms with Crippen molar-refractivity contribution >= 4 is 51.1 Å². The number of nitrogens with zero attached hydrogens (tertiary/aromatic N) is 3. The van der Waals surface area contributed by atoms with E-state index in [0.717, 1.165) is 10.6 Å². The van der Waals surface area contributed by atoms with Gasteiger partial charge < -0.3 is 10.2 Å². The second-order valence-electron chi connectivity index (χ2n) is 9.24. The molecule has 5 amide bonds. The van der Waals surface area contributed by atoms with Gasteiger partial charge in [-0.25, -0.2) is 20.0 Å². The molecule has 0 atom stereocenters. The number of hydrogen-bond acceptors (Lipinski definition) is 5. The van der Waals surface area contributed by atoms with Gasteiger partial charge in [0, 0.05) is 36.1 Å². The summed E-state index contributed by atoms with van der Waals surface area (Å²) in [4.78, 5) is 43.2. The van der Waals surface area contributed by atoms with Crippen molar-refractivity contribution < 1.29 is 27.4 Å². The van der Waals surface area contributed by atoms with Crippen LogP contribution in [0.25, 0.3) is 11.6 Å². The zero-order chi connectivity index (χ0) is 30.3. The minimum Gasteiger partial charge on any atom is -0.342 e. The molecule has 11 nitrogen and oxygen atoms in total. The molecule has 218 valence electrons. The lowest BCUT2D eigenvalue weighted by Gasteiger charge is -2.29. The first-order valence-corrected chi connectivity index (χ1v) is 14.7. The summed E-state index contributed by atoms with van der Waals surface area (Å²) in [5, 5.41) is 4.29. The van der Waals surface area contributed by atoms with Gasteiger partial charge in [0.05, 0.1) is 11.1 Å². The highest BCUT2D eigenvalue weighted by atomic mass is 32.2. The number of amides is 5. The van der Waals surface area contributed by atoms with Crippen LogP contribution in [0.4, 0.5) is 21.0 Å². The average molecular weight is 590 g/mol. The fourth-order valence-electron chi connectivity index (χ4n) is 4.47. The highest BCUT2D eigenvalue weighted by molar-refractivity contribution is 7.88. The second-order valence-corrected chi connectivity index (χ2v) is 10.5. The highest BCUT2D eigenvalue weighted by Crippen LogP contribution is 2.35. The Morgan fingerprint density at radius 3 is 2.33 bits per heavy atom. The van der Waals surface area contributed by atoms with Crippen molar-refractivity contribution in [3.05, 3.63) is 107 Å². The van der Waals surface area contributed by atoms with Crippen molar-refractivity contribution in [2.24, 2.45) is 0 Å². The number of carbonyl (C=O) groups is 3. The van der Waals surface area contributed by atoms with Crippen molar-refractivity contribution in [3.8, 4) is 0 Å². The van der Waals surface area contributed by atoms with E-state index >= 15 is 0 Å². The predicted octanol–water partition coefficient (Wildman–Crippen LogP) is 4.78. The fraction of sp³-hybridized carbons (Fsp3) is 0.167. The van der Waals surface area contributed by atoms with Crippen LogP contribution in [-0.4, -0.2) is 60.5 Å². The monoisotopic (exact) mass is 589 g/mol. The fourth-order valence-corrected chi connectivity index (χ4v) is 4.80. The van der Waals surface area contributed by atoms with Crippen molar-refractivity contribution in [1.82, 2.24) is 15.3 Å². The molecule has 4 rings (SSSR count). The third kappa shape index (κ3) is 7.42. The summed E-state index contributed by atoms with van der Waals surface area (Å²) in [6.07, 6.45) is 2.69. The maximum absolute atomic E-state index is 13.9. The molecule has 0 spiro atoms. The maximum Gasteiger partial charge on any atom is 0.347 e. The van der Waals surface area contributed by atoms with Crippen LogP contribution in [0.15, 0.2) is 90.5 Å². The number of para-hydroxylation sites is 1. The number of urea groups is 2. The number of anilines is 2. The van der Waals surface area contributed by atoms with Crippen LogP contribution in [0.3, 0.4) is 0 Å². The molecule has 12 heteroatoms. The van der Waals surface area contributed by atoms with Crippen molar-refractivity contribution in [1.29, 1.82) is 0 Å². The summed E-state index contributed by atoms with van der Waals surface area (Å²) in [7, 11) is -4.32. The number of carbonyl (C=O) groups excluding carboxylic acids is 3. The molecule has 0 saturated carbocycles. The number of nitrogens with one attached hydrogen (secondary N) is 2. The molecule has 0 unspecified atom stereocenters. The first kappa shape index (κ1) is 30.0. The summed E-state index contributed by atoms with van der Waals surface area (Å²) < 4.78 is 31.0. The van der Waals surface area contributed by atoms with E-state index in [1.54, 1.807) is 35.2 Å². The molecular formula is C30H31N5O6S. The Kier molecular flexibility index (Phi) is 9.40. The lowest BCUT2D eigenvalue weighted by atomic mass is 9.97. The summed E-state index contributed by atoms with van der Waals surface area (Å²) in [5.41, 5.74) is 5.93. The van der Waals surface area contributed by atoms with Crippen LogP contribution in [-0.2, 0) is 14.9 Å². The van der Waals surface area contributed by atoms with E-state index in [4.69, 9.17) is 4.55 Å². The first-order valence-electron chi connectivity index (χ1n) is 13.2. The minimum absolute atomic E-state index is 0.241. The van der Waals surface area contributed by atoms with E-state index in [2.05, 4.69) is 10.7 Å². The predicted molar refractivity (Wildman–Crippen MR) is 162 cm³/mol. The Labute approximate surface area is 244 Å². The maximum atomic E-state index is 13.9. The summed E-state index contributed by atoms with van der Waals surface area (Å²) in [6.45, 7) is 4.45. The Bertz CT molecular complexity index is 1630. The Balaban J connectivity index is 1.69. The first-order chi connectivity index (χ1) is 20.1. The smallest absolute Gasteiger partial charge is 0.342 e. The van der Waals surface area contributed by atoms with Gasteiger partial charge in [0.15, 0.2) is 0 Å². The molecule has 0 aliphatic carbocycles. The molecule has 1 aliphatic rings. The molecule has 3 N–H and O–H groups in total. The Morgan fingerprint density at radius 2 is 1.64 bits per heavy atom. The number of rotatable bonds is 9. The Morgan fingerprint density at radius 1 is 0.952 bits per heavy atom. The highest BCUT2D eigenvalue weighted by Gasteiger charge is 2.32. The van der Waals surface area contributed by atoms with Gasteiger partial charge in [0.1, 0.15) is 6.54 Å². The number of benzene rings is 3. The molecule has 0 fully saturated rings. The van der Waals surface area contributed by atoms with Gasteiger partial charge >= 0.3 is 12.1 Å². The minimum atomic E-state index is -4.32. The summed E-state index contributed by atoms with van der Waals surface area (Å²) >= 11 is 0. The van der Waals surface area contributed by atoms with Crippen LogP contribution < -0.4 is 15.6 Å². The summed E-state index contributed by atoms with van der Waals surface area (Å²) in [5.74, 6) is -0.245. The third-order valence-corrected chi connectivity index (χ3v) is 6.95. The lowest BCUT2D eigenvalue weighted by Crippen LogP contribution is -2.52. The van der Waals surface area contributed by atoms with E-state index < -0.39 is 22.2 Å². The largest absolute Gasteiger partial charge is 0.347 e. The van der Waals surface area contributed by atoms with Gasteiger partial charge in [-0.05, 0) is 49.2 Å². The van der Waals surface area contributed by atoms with Gasteiger partial charge in [0.25, 0.3) is 10.1 Å². The molecule has 3 aromatic carbocycles. The van der Waals surface area contributed by atoms with E-state index in [9.17, 15) is 22.8 Å². The van der Waals surface area contributed by atoms with Gasteiger partial charge in [0.2, 0.25) is 5.91 Å². The average Bonchev–Trinajstić information content (AvgIpc) is 3.08. The lowest BCUT2D eigenvalue weighted by molar-refractivity contribution is -0.129. The number of likely N-dealkylation sites (N-methyl/N-ethyl adjacent to an activating group) is 1. The number of fused-ring (bicyclic) bond motifs is 1. The molecule has 0 radical (unpaired) electrons. The van der Waals surface area contributed by atoms with Crippen LogP contribution in [0.5, 0.6) is 0 Å². The van der Waals surface area contributed by atoms with Gasteiger partial charge in [-0.15, -0.1) is 0 Å². The molecule has 42 heavy (non-hydrogen) atoms. The SMILES string of the molecule is CCN(CC)C(=O)CN1C(=O)N(NC(=O)Nc2cccc(/C=C/S(=O)(=O)O)c2)C=C(c2ccccc2)c2ccccc21. The van der Waals surface area contributed by atoms with Crippen LogP contribution in [0.2, 0.25) is 0 Å². The van der Waals surface area contributed by atoms with Crippen LogP contribution >= 0.6 is 0 Å². The Hall–Kier alpha value is -4.94. The van der Waals surface area contributed by atoms with Crippen LogP contribution in [0.1, 0.15) is 30.5 Å². The number of hydrogen-bond donors (Lipinski definition) is 3. The molecule has 0 saturated heterocycles. The quantitative estimate of drug-likeness (QED) is 0.307. The van der Waals surface area contributed by atoms with Gasteiger partial charge in [-0.1, -0.05) is 60.7 Å².